The van der Waals surface area contributed by atoms with E-state index in [0.717, 1.165) is 29.8 Å². The van der Waals surface area contributed by atoms with E-state index in [0.29, 0.717) is 12.1 Å². The van der Waals surface area contributed by atoms with Gasteiger partial charge in [-0.25, -0.2) is 4.39 Å². The smallest absolute Gasteiger partial charge is 0.298 e. The Morgan fingerprint density at radius 2 is 1.67 bits per heavy atom. The van der Waals surface area contributed by atoms with E-state index < -0.39 is 23.1 Å². The molecule has 0 N–H and O–H groups in total. The van der Waals surface area contributed by atoms with Gasteiger partial charge in [-0.3, -0.25) is 14.7 Å². The van der Waals surface area contributed by atoms with Crippen LogP contribution in [0.15, 0.2) is 53.9 Å². The van der Waals surface area contributed by atoms with Crippen molar-refractivity contribution in [2.45, 2.75) is 6.18 Å². The van der Waals surface area contributed by atoms with Crippen molar-refractivity contribution in [1.29, 1.82) is 0 Å². The van der Waals surface area contributed by atoms with Crippen molar-refractivity contribution < 1.29 is 22.4 Å². The van der Waals surface area contributed by atoms with Gasteiger partial charge in [-0.1, -0.05) is 6.07 Å². The third-order valence-corrected chi connectivity index (χ3v) is 4.19. The summed E-state index contributed by atoms with van der Waals surface area (Å²) in [6.45, 7) is 0.486. The maximum Gasteiger partial charge on any atom is 0.417 e. The second kappa shape index (κ2) is 7.44. The summed E-state index contributed by atoms with van der Waals surface area (Å²) in [6, 6.07) is 6.20. The Morgan fingerprint density at radius 1 is 1.04 bits per heavy atom. The number of likely N-dealkylation sites (tertiary alicyclic amines) is 1. The summed E-state index contributed by atoms with van der Waals surface area (Å²) >= 11 is 0. The summed E-state index contributed by atoms with van der Waals surface area (Å²) in [5.41, 5.74) is -0.432. The Bertz CT molecular complexity index is 917. The van der Waals surface area contributed by atoms with Gasteiger partial charge in [0.2, 0.25) is 0 Å². The van der Waals surface area contributed by atoms with Gasteiger partial charge >= 0.3 is 6.18 Å². The van der Waals surface area contributed by atoms with E-state index in [2.05, 4.69) is 4.98 Å². The van der Waals surface area contributed by atoms with Crippen LogP contribution in [0, 0.1) is 5.82 Å². The molecule has 0 unspecified atom stereocenters. The van der Waals surface area contributed by atoms with Crippen LogP contribution in [-0.2, 0) is 11.0 Å². The number of pyridine rings is 1. The van der Waals surface area contributed by atoms with Gasteiger partial charge in [0.25, 0.3) is 0 Å². The lowest BCUT2D eigenvalue weighted by Gasteiger charge is -2.26. The lowest BCUT2D eigenvalue weighted by atomic mass is 9.93. The first kappa shape index (κ1) is 19.0. The molecule has 3 rings (SSSR count). The minimum atomic E-state index is -4.71. The van der Waals surface area contributed by atoms with E-state index in [1.807, 2.05) is 0 Å². The monoisotopic (exact) mass is 376 g/mol. The van der Waals surface area contributed by atoms with E-state index in [9.17, 15) is 22.4 Å². The van der Waals surface area contributed by atoms with Gasteiger partial charge in [0, 0.05) is 42.2 Å². The zero-order valence-electron chi connectivity index (χ0n) is 14.4. The molecule has 27 heavy (non-hydrogen) atoms. The molecule has 140 valence electrons. The van der Waals surface area contributed by atoms with Gasteiger partial charge in [0.15, 0.2) is 5.78 Å². The summed E-state index contributed by atoms with van der Waals surface area (Å²) in [7, 11) is 1.74. The number of alkyl halides is 3. The fourth-order valence-electron chi connectivity index (χ4n) is 2.98. The number of nitrogens with zero attached hydrogens (tertiary/aromatic N) is 2. The summed E-state index contributed by atoms with van der Waals surface area (Å²) in [5, 5.41) is 0. The molecule has 1 aliphatic rings. The van der Waals surface area contributed by atoms with Crippen LogP contribution >= 0.6 is 0 Å². The fraction of sp³-hybridized carbons (Fsp3) is 0.200. The topological polar surface area (TPSA) is 33.2 Å². The van der Waals surface area contributed by atoms with Crippen molar-refractivity contribution in [3.63, 3.8) is 0 Å². The average Bonchev–Trinajstić information content (AvgIpc) is 2.60. The number of ketones is 1. The molecule has 2 heterocycles. The molecule has 1 saturated heterocycles. The predicted octanol–water partition coefficient (Wildman–Crippen LogP) is 4.22. The molecule has 1 aromatic heterocycles. The van der Waals surface area contributed by atoms with Crippen LogP contribution < -0.4 is 0 Å². The van der Waals surface area contributed by atoms with Crippen molar-refractivity contribution in [1.82, 2.24) is 9.88 Å². The van der Waals surface area contributed by atoms with Crippen LogP contribution in [0.4, 0.5) is 17.6 Å². The van der Waals surface area contributed by atoms with Gasteiger partial charge in [-0.05, 0) is 49.0 Å². The number of piperidine rings is 1. The van der Waals surface area contributed by atoms with Gasteiger partial charge < -0.3 is 0 Å². The Balaban J connectivity index is 2.05. The molecule has 0 bridgehead atoms. The van der Waals surface area contributed by atoms with Crippen molar-refractivity contribution in [2.24, 2.45) is 0 Å². The molecule has 0 amide bonds. The Hall–Kier alpha value is -2.80. The largest absolute Gasteiger partial charge is 0.417 e. The minimum absolute atomic E-state index is 0.111. The van der Waals surface area contributed by atoms with E-state index in [1.165, 1.54) is 0 Å². The number of halogens is 4. The molecule has 0 atom stereocenters. The van der Waals surface area contributed by atoms with Crippen LogP contribution in [0.25, 0.3) is 12.2 Å². The van der Waals surface area contributed by atoms with E-state index in [-0.39, 0.29) is 17.9 Å². The number of benzene rings is 1. The highest BCUT2D eigenvalue weighted by atomic mass is 19.4. The highest BCUT2D eigenvalue weighted by molar-refractivity contribution is 6.14. The average molecular weight is 376 g/mol. The molecule has 0 aliphatic carbocycles. The minimum Gasteiger partial charge on any atom is -0.298 e. The molecule has 0 spiro atoms. The van der Waals surface area contributed by atoms with Crippen molar-refractivity contribution in [2.75, 3.05) is 20.1 Å². The highest BCUT2D eigenvalue weighted by Crippen LogP contribution is 2.34. The molecular formula is C20H16F4N2O. The first-order valence-electron chi connectivity index (χ1n) is 8.16. The maximum atomic E-state index is 14.1. The molecule has 1 aliphatic heterocycles. The predicted molar refractivity (Wildman–Crippen MR) is 94.1 cm³/mol. The Morgan fingerprint density at radius 3 is 2.30 bits per heavy atom. The second-order valence-corrected chi connectivity index (χ2v) is 6.32. The van der Waals surface area contributed by atoms with Gasteiger partial charge in [0.1, 0.15) is 5.82 Å². The zero-order valence-corrected chi connectivity index (χ0v) is 14.4. The third kappa shape index (κ3) is 4.31. The lowest BCUT2D eigenvalue weighted by Crippen LogP contribution is -2.34. The number of likely N-dealkylation sites (N-methyl/N-ethyl adjacent to an activating group) is 1. The lowest BCUT2D eigenvalue weighted by molar-refractivity contribution is -0.138. The fourth-order valence-corrected chi connectivity index (χ4v) is 2.98. The van der Waals surface area contributed by atoms with Crippen LogP contribution in [0.2, 0.25) is 0 Å². The molecule has 7 heteroatoms. The van der Waals surface area contributed by atoms with Gasteiger partial charge in [0.05, 0.1) is 5.56 Å². The normalized spacial score (nSPS) is 19.1. The van der Waals surface area contributed by atoms with E-state index in [1.54, 1.807) is 42.6 Å². The zero-order chi connectivity index (χ0) is 19.6. The SMILES string of the molecule is CN1C/C(=C\c2ccncc2)C(=O)/C(=C/c2c(F)cccc2C(F)(F)F)C1. The van der Waals surface area contributed by atoms with Crippen molar-refractivity contribution in [3.05, 3.63) is 76.4 Å². The van der Waals surface area contributed by atoms with Crippen molar-refractivity contribution >= 4 is 17.9 Å². The van der Waals surface area contributed by atoms with Crippen LogP contribution in [0.1, 0.15) is 16.7 Å². The summed E-state index contributed by atoms with van der Waals surface area (Å²) < 4.78 is 53.7. The number of carbonyl (C=O) groups excluding carboxylic acids is 1. The maximum absolute atomic E-state index is 14.1. The summed E-state index contributed by atoms with van der Waals surface area (Å²) in [6.07, 6.45) is 1.12. The number of rotatable bonds is 2. The van der Waals surface area contributed by atoms with Crippen LogP contribution in [0.3, 0.4) is 0 Å². The number of hydrogen-bond acceptors (Lipinski definition) is 3. The molecule has 0 saturated carbocycles. The first-order chi connectivity index (χ1) is 12.8. The van der Waals surface area contributed by atoms with Gasteiger partial charge in [-0.15, -0.1) is 0 Å². The number of hydrogen-bond donors (Lipinski definition) is 0. The first-order valence-corrected chi connectivity index (χ1v) is 8.16. The summed E-state index contributed by atoms with van der Waals surface area (Å²) in [5.74, 6) is -1.40. The molecule has 3 nitrogen and oxygen atoms in total. The molecule has 0 radical (unpaired) electrons. The Labute approximate surface area is 153 Å². The molecular weight excluding hydrogens is 360 g/mol. The van der Waals surface area contributed by atoms with Gasteiger partial charge in [-0.2, -0.15) is 13.2 Å². The number of carbonyl (C=O) groups is 1. The number of Topliss-reactive ketones (excluding diaryl/α,β-unsaturated/α-hetero) is 1. The molecule has 1 aromatic carbocycles. The summed E-state index contributed by atoms with van der Waals surface area (Å²) in [4.78, 5) is 18.5. The van der Waals surface area contributed by atoms with E-state index >= 15 is 0 Å². The standard InChI is InChI=1S/C20H16F4N2O/c1-26-11-14(9-13-5-7-25-8-6-13)19(27)15(12-26)10-16-17(20(22,23)24)3-2-4-18(16)21/h2-10H,11-12H2,1H3/b14-9+,15-10+. The molecule has 1 fully saturated rings. The third-order valence-electron chi connectivity index (χ3n) is 4.19. The quantitative estimate of drug-likeness (QED) is 0.581. The van der Waals surface area contributed by atoms with Crippen LogP contribution in [0.5, 0.6) is 0 Å². The second-order valence-electron chi connectivity index (χ2n) is 6.32. The highest BCUT2D eigenvalue weighted by Gasteiger charge is 2.34. The van der Waals surface area contributed by atoms with Crippen LogP contribution in [-0.4, -0.2) is 35.8 Å². The van der Waals surface area contributed by atoms with E-state index in [4.69, 9.17) is 0 Å². The number of aromatic nitrogens is 1. The van der Waals surface area contributed by atoms with Crippen molar-refractivity contribution in [3.8, 4) is 0 Å². The molecule has 2 aromatic rings. The Kier molecular flexibility index (Phi) is 5.23.